The summed E-state index contributed by atoms with van der Waals surface area (Å²) in [7, 11) is 0. The van der Waals surface area contributed by atoms with Crippen LogP contribution in [0.3, 0.4) is 0 Å². The van der Waals surface area contributed by atoms with Gasteiger partial charge in [0.05, 0.1) is 30.5 Å². The van der Waals surface area contributed by atoms with Crippen LogP contribution in [0.5, 0.6) is 17.2 Å². The number of benzene rings is 2. The standard InChI is InChI=1S/C29H29BrN2O6/c1-3-20-9-11-25(24(30)16-20)37-14-6-8-28(33)38-26-12-10-21(17-27(26)35-4-2)15-22(18-31)29(34)32-19-23-7-5-13-36-23/h5,7,9-13,15-17H,3-4,6,8,14,19H2,1-2H3,(H,32,34)/b22-15+. The fraction of sp³-hybridized carbons (Fsp3) is 0.276. The van der Waals surface area contributed by atoms with Gasteiger partial charge < -0.3 is 23.9 Å². The Morgan fingerprint density at radius 1 is 1.08 bits per heavy atom. The van der Waals surface area contributed by atoms with E-state index in [2.05, 4.69) is 28.2 Å². The fourth-order valence-electron chi connectivity index (χ4n) is 3.41. The van der Waals surface area contributed by atoms with Crippen molar-refractivity contribution in [3.05, 3.63) is 81.7 Å². The molecule has 1 N–H and O–H groups in total. The minimum absolute atomic E-state index is 0.0836. The molecule has 1 heterocycles. The van der Waals surface area contributed by atoms with E-state index in [-0.39, 0.29) is 24.3 Å². The van der Waals surface area contributed by atoms with Gasteiger partial charge in [0.1, 0.15) is 23.2 Å². The maximum absolute atomic E-state index is 12.4. The lowest BCUT2D eigenvalue weighted by atomic mass is 10.1. The van der Waals surface area contributed by atoms with E-state index >= 15 is 0 Å². The van der Waals surface area contributed by atoms with Crippen molar-refractivity contribution in [3.8, 4) is 23.3 Å². The Labute approximate surface area is 230 Å². The number of ether oxygens (including phenoxy) is 3. The second-order valence-corrected chi connectivity index (χ2v) is 8.97. The normalized spacial score (nSPS) is 10.9. The van der Waals surface area contributed by atoms with Crippen LogP contribution in [0, 0.1) is 11.3 Å². The number of furan rings is 1. The first kappa shape index (κ1) is 28.5. The Morgan fingerprint density at radius 2 is 1.89 bits per heavy atom. The first-order chi connectivity index (χ1) is 18.4. The van der Waals surface area contributed by atoms with Crippen LogP contribution in [0.15, 0.2) is 69.3 Å². The van der Waals surface area contributed by atoms with Crippen LogP contribution < -0.4 is 19.5 Å². The topological polar surface area (TPSA) is 111 Å². The molecule has 3 rings (SSSR count). The SMILES string of the molecule is CCOc1cc(/C=C(\C#N)C(=O)NCc2ccco2)ccc1OC(=O)CCCOc1ccc(CC)cc1Br. The van der Waals surface area contributed by atoms with Crippen molar-refractivity contribution in [1.82, 2.24) is 5.32 Å². The molecule has 2 aromatic carbocycles. The zero-order chi connectivity index (χ0) is 27.3. The highest BCUT2D eigenvalue weighted by Crippen LogP contribution is 2.30. The first-order valence-corrected chi connectivity index (χ1v) is 13.0. The number of nitrogens with one attached hydrogen (secondary N) is 1. The number of carbonyl (C=O) groups is 2. The predicted octanol–water partition coefficient (Wildman–Crippen LogP) is 5.99. The quantitative estimate of drug-likeness (QED) is 0.0868. The van der Waals surface area contributed by atoms with E-state index in [1.165, 1.54) is 17.9 Å². The van der Waals surface area contributed by atoms with Crippen molar-refractivity contribution < 1.29 is 28.2 Å². The molecule has 0 aliphatic heterocycles. The van der Waals surface area contributed by atoms with Gasteiger partial charge in [-0.15, -0.1) is 0 Å². The lowest BCUT2D eigenvalue weighted by molar-refractivity contribution is -0.134. The van der Waals surface area contributed by atoms with Gasteiger partial charge in [-0.1, -0.05) is 19.1 Å². The van der Waals surface area contributed by atoms with E-state index in [1.807, 2.05) is 24.3 Å². The first-order valence-electron chi connectivity index (χ1n) is 12.2. The number of carbonyl (C=O) groups excluding carboxylic acids is 2. The fourth-order valence-corrected chi connectivity index (χ4v) is 3.95. The molecule has 1 aromatic heterocycles. The zero-order valence-corrected chi connectivity index (χ0v) is 22.9. The molecule has 198 valence electrons. The number of hydrogen-bond donors (Lipinski definition) is 1. The van der Waals surface area contributed by atoms with Crippen molar-refractivity contribution in [2.75, 3.05) is 13.2 Å². The minimum atomic E-state index is -0.534. The van der Waals surface area contributed by atoms with E-state index in [0.717, 1.165) is 16.6 Å². The average Bonchev–Trinajstić information content (AvgIpc) is 3.44. The minimum Gasteiger partial charge on any atom is -0.492 e. The molecule has 8 nitrogen and oxygen atoms in total. The zero-order valence-electron chi connectivity index (χ0n) is 21.3. The molecular formula is C29H29BrN2O6. The molecule has 38 heavy (non-hydrogen) atoms. The molecule has 0 fully saturated rings. The van der Waals surface area contributed by atoms with E-state index in [9.17, 15) is 14.9 Å². The van der Waals surface area contributed by atoms with E-state index in [4.69, 9.17) is 18.6 Å². The van der Waals surface area contributed by atoms with Gasteiger partial charge in [-0.3, -0.25) is 9.59 Å². The highest BCUT2D eigenvalue weighted by molar-refractivity contribution is 9.10. The maximum atomic E-state index is 12.4. The second kappa shape index (κ2) is 14.6. The van der Waals surface area contributed by atoms with Gasteiger partial charge in [0.25, 0.3) is 5.91 Å². The molecule has 1 amide bonds. The molecule has 0 radical (unpaired) electrons. The third-order valence-corrected chi connectivity index (χ3v) is 5.98. The van der Waals surface area contributed by atoms with Gasteiger partial charge in [0.2, 0.25) is 0 Å². The number of esters is 1. The van der Waals surface area contributed by atoms with Gasteiger partial charge in [-0.05, 0) is 89.3 Å². The van der Waals surface area contributed by atoms with Crippen LogP contribution in [-0.2, 0) is 22.6 Å². The summed E-state index contributed by atoms with van der Waals surface area (Å²) in [6.07, 6.45) is 4.52. The summed E-state index contributed by atoms with van der Waals surface area (Å²) < 4.78 is 23.0. The van der Waals surface area contributed by atoms with Crippen LogP contribution in [0.25, 0.3) is 6.08 Å². The molecule has 0 aliphatic carbocycles. The van der Waals surface area contributed by atoms with Gasteiger partial charge in [0, 0.05) is 6.42 Å². The molecule has 0 saturated heterocycles. The van der Waals surface area contributed by atoms with Crippen LogP contribution in [0.1, 0.15) is 43.6 Å². The Kier molecular flexibility index (Phi) is 11.0. The summed E-state index contributed by atoms with van der Waals surface area (Å²) in [4.78, 5) is 24.8. The average molecular weight is 581 g/mol. The van der Waals surface area contributed by atoms with Gasteiger partial charge in [-0.25, -0.2) is 0 Å². The summed E-state index contributed by atoms with van der Waals surface area (Å²) in [6.45, 7) is 4.76. The molecule has 0 saturated carbocycles. The van der Waals surface area contributed by atoms with E-state index in [0.29, 0.717) is 36.7 Å². The van der Waals surface area contributed by atoms with Crippen LogP contribution in [0.4, 0.5) is 0 Å². The molecular weight excluding hydrogens is 552 g/mol. The summed E-state index contributed by atoms with van der Waals surface area (Å²) in [5.74, 6) is 0.934. The molecule has 9 heteroatoms. The Bertz CT molecular complexity index is 1310. The van der Waals surface area contributed by atoms with Gasteiger partial charge in [0.15, 0.2) is 11.5 Å². The number of hydrogen-bond acceptors (Lipinski definition) is 7. The number of rotatable bonds is 13. The number of aryl methyl sites for hydroxylation is 1. The molecule has 0 aliphatic rings. The largest absolute Gasteiger partial charge is 0.492 e. The molecule has 0 bridgehead atoms. The molecule has 3 aromatic rings. The lowest BCUT2D eigenvalue weighted by Gasteiger charge is -2.12. The van der Waals surface area contributed by atoms with Crippen molar-refractivity contribution in [2.24, 2.45) is 0 Å². The van der Waals surface area contributed by atoms with Crippen molar-refractivity contribution in [2.45, 2.75) is 39.7 Å². The van der Waals surface area contributed by atoms with Crippen LogP contribution in [-0.4, -0.2) is 25.1 Å². The third kappa shape index (κ3) is 8.53. The Hall–Kier alpha value is -4.03. The highest BCUT2D eigenvalue weighted by Gasteiger charge is 2.14. The van der Waals surface area contributed by atoms with E-state index in [1.54, 1.807) is 37.3 Å². The van der Waals surface area contributed by atoms with E-state index < -0.39 is 11.9 Å². The molecule has 0 spiro atoms. The number of halogens is 1. The monoisotopic (exact) mass is 580 g/mol. The third-order valence-electron chi connectivity index (χ3n) is 5.36. The Balaban J connectivity index is 1.57. The molecule has 0 atom stereocenters. The van der Waals surface area contributed by atoms with Crippen LogP contribution >= 0.6 is 15.9 Å². The summed E-state index contributed by atoms with van der Waals surface area (Å²) in [5.41, 5.74) is 1.67. The summed E-state index contributed by atoms with van der Waals surface area (Å²) >= 11 is 3.51. The van der Waals surface area contributed by atoms with Crippen LogP contribution in [0.2, 0.25) is 0 Å². The Morgan fingerprint density at radius 3 is 2.58 bits per heavy atom. The molecule has 0 unspecified atom stereocenters. The number of nitrogens with zero attached hydrogens (tertiary/aromatic N) is 1. The van der Waals surface area contributed by atoms with Crippen molar-refractivity contribution in [1.29, 1.82) is 5.26 Å². The number of amides is 1. The summed E-state index contributed by atoms with van der Waals surface area (Å²) in [5, 5.41) is 12.1. The lowest BCUT2D eigenvalue weighted by Crippen LogP contribution is -2.23. The van der Waals surface area contributed by atoms with Gasteiger partial charge >= 0.3 is 5.97 Å². The van der Waals surface area contributed by atoms with Crippen molar-refractivity contribution >= 4 is 33.9 Å². The second-order valence-electron chi connectivity index (χ2n) is 8.12. The smallest absolute Gasteiger partial charge is 0.311 e. The summed E-state index contributed by atoms with van der Waals surface area (Å²) in [6, 6.07) is 16.1. The van der Waals surface area contributed by atoms with Gasteiger partial charge in [-0.2, -0.15) is 5.26 Å². The maximum Gasteiger partial charge on any atom is 0.311 e. The van der Waals surface area contributed by atoms with Crippen molar-refractivity contribution in [3.63, 3.8) is 0 Å². The number of nitriles is 1. The predicted molar refractivity (Wildman–Crippen MR) is 146 cm³/mol. The highest BCUT2D eigenvalue weighted by atomic mass is 79.9.